The normalized spacial score (nSPS) is 15.5. The van der Waals surface area contributed by atoms with Crippen LogP contribution in [0.4, 0.5) is 11.5 Å². The van der Waals surface area contributed by atoms with Crippen LogP contribution < -0.4 is 20.1 Å². The van der Waals surface area contributed by atoms with E-state index >= 15 is 0 Å². The van der Waals surface area contributed by atoms with Crippen LogP contribution in [-0.4, -0.2) is 39.1 Å². The van der Waals surface area contributed by atoms with Crippen molar-refractivity contribution in [1.29, 1.82) is 0 Å². The molecule has 2 heterocycles. The third-order valence-corrected chi connectivity index (χ3v) is 4.40. The van der Waals surface area contributed by atoms with Crippen LogP contribution in [-0.2, 0) is 0 Å². The number of H-pyrrole nitrogens is 1. The zero-order valence-electron chi connectivity index (χ0n) is 13.7. The Kier molecular flexibility index (Phi) is 4.57. The van der Waals surface area contributed by atoms with E-state index < -0.39 is 0 Å². The summed E-state index contributed by atoms with van der Waals surface area (Å²) in [6, 6.07) is 11.6. The van der Waals surface area contributed by atoms with E-state index in [0.717, 1.165) is 43.2 Å². The first-order chi connectivity index (χ1) is 11.1. The number of nitrogens with zero attached hydrogens (tertiary/aromatic N) is 1. The van der Waals surface area contributed by atoms with E-state index in [0.29, 0.717) is 5.56 Å². The zero-order chi connectivity index (χ0) is 16.2. The molecule has 23 heavy (non-hydrogen) atoms. The summed E-state index contributed by atoms with van der Waals surface area (Å²) in [6.45, 7) is 6.35. The molecule has 1 aliphatic heterocycles. The first-order valence-corrected chi connectivity index (χ1v) is 8.08. The molecule has 0 aliphatic carbocycles. The Labute approximate surface area is 136 Å². The molecule has 1 aromatic heterocycles. The molecule has 5 nitrogen and oxygen atoms in total. The van der Waals surface area contributed by atoms with Gasteiger partial charge in [0.2, 0.25) is 0 Å². The van der Waals surface area contributed by atoms with Gasteiger partial charge in [-0.2, -0.15) is 0 Å². The highest BCUT2D eigenvalue weighted by Crippen LogP contribution is 2.13. The van der Waals surface area contributed by atoms with Gasteiger partial charge < -0.3 is 10.2 Å². The summed E-state index contributed by atoms with van der Waals surface area (Å²) in [7, 11) is 2.23. The summed E-state index contributed by atoms with van der Waals surface area (Å²) in [6.07, 6.45) is 1.86. The standard InChI is InChI=1S/C18H22N4O/c1-14-5-3-4-6-16(14)18(23)20-15-7-8-17(19-13-15)22-11-9-21(2)10-12-22/h3-8,13H,9-12H2,1-2H3,(H,20,23)/p+2. The molecule has 1 amide bonds. The molecule has 0 spiro atoms. The average molecular weight is 312 g/mol. The van der Waals surface area contributed by atoms with Gasteiger partial charge in [-0.15, -0.1) is 0 Å². The van der Waals surface area contributed by atoms with Crippen LogP contribution in [0.1, 0.15) is 15.9 Å². The van der Waals surface area contributed by atoms with Gasteiger partial charge in [-0.3, -0.25) is 9.69 Å². The number of piperazine rings is 1. The van der Waals surface area contributed by atoms with Gasteiger partial charge in [0, 0.05) is 11.6 Å². The molecular weight excluding hydrogens is 288 g/mol. The Morgan fingerprint density at radius 1 is 1.17 bits per heavy atom. The summed E-state index contributed by atoms with van der Waals surface area (Å²) >= 11 is 0. The molecule has 0 saturated carbocycles. The number of aromatic amines is 1. The second kappa shape index (κ2) is 6.79. The second-order valence-electron chi connectivity index (χ2n) is 6.18. The number of benzene rings is 1. The molecule has 0 bridgehead atoms. The maximum absolute atomic E-state index is 12.3. The van der Waals surface area contributed by atoms with Crippen molar-refractivity contribution in [3.8, 4) is 0 Å². The molecule has 3 N–H and O–H groups in total. The Morgan fingerprint density at radius 3 is 2.57 bits per heavy atom. The van der Waals surface area contributed by atoms with Crippen molar-refractivity contribution in [1.82, 2.24) is 0 Å². The van der Waals surface area contributed by atoms with E-state index in [1.807, 2.05) is 49.5 Å². The summed E-state index contributed by atoms with van der Waals surface area (Å²) in [5, 5.41) is 2.94. The number of nitrogens with one attached hydrogen (secondary N) is 3. The van der Waals surface area contributed by atoms with Crippen LogP contribution in [0, 0.1) is 6.92 Å². The number of aryl methyl sites for hydroxylation is 1. The third kappa shape index (κ3) is 3.68. The number of carbonyl (C=O) groups excluding carboxylic acids is 1. The van der Waals surface area contributed by atoms with Crippen LogP contribution in [0.15, 0.2) is 42.6 Å². The quantitative estimate of drug-likeness (QED) is 0.862. The smallest absolute Gasteiger partial charge is 0.274 e. The van der Waals surface area contributed by atoms with Crippen molar-refractivity contribution in [2.75, 3.05) is 43.4 Å². The van der Waals surface area contributed by atoms with Gasteiger partial charge in [0.1, 0.15) is 32.4 Å². The van der Waals surface area contributed by atoms with E-state index in [1.54, 1.807) is 4.90 Å². The fourth-order valence-corrected chi connectivity index (χ4v) is 2.85. The van der Waals surface area contributed by atoms with Crippen LogP contribution in [0.5, 0.6) is 0 Å². The summed E-state index contributed by atoms with van der Waals surface area (Å²) in [5.74, 6) is 1.03. The summed E-state index contributed by atoms with van der Waals surface area (Å²) < 4.78 is 0. The maximum Gasteiger partial charge on any atom is 0.274 e. The van der Waals surface area contributed by atoms with Gasteiger partial charge in [-0.1, -0.05) is 18.2 Å². The molecule has 1 aromatic carbocycles. The Bertz CT molecular complexity index is 676. The highest BCUT2D eigenvalue weighted by Gasteiger charge is 2.23. The van der Waals surface area contributed by atoms with Crippen molar-refractivity contribution in [2.24, 2.45) is 0 Å². The minimum atomic E-state index is -0.0764. The minimum Gasteiger partial charge on any atom is -0.331 e. The number of quaternary nitrogens is 1. The van der Waals surface area contributed by atoms with Gasteiger partial charge >= 0.3 is 0 Å². The molecule has 1 fully saturated rings. The highest BCUT2D eigenvalue weighted by atomic mass is 16.1. The molecule has 5 heteroatoms. The number of hydrogen-bond donors (Lipinski definition) is 2. The lowest BCUT2D eigenvalue weighted by Gasteiger charge is -2.25. The van der Waals surface area contributed by atoms with Crippen molar-refractivity contribution >= 4 is 17.4 Å². The van der Waals surface area contributed by atoms with Gasteiger partial charge in [0.15, 0.2) is 0 Å². The van der Waals surface area contributed by atoms with Crippen LogP contribution >= 0.6 is 0 Å². The van der Waals surface area contributed by atoms with E-state index in [4.69, 9.17) is 0 Å². The molecule has 0 radical (unpaired) electrons. The van der Waals surface area contributed by atoms with Gasteiger partial charge in [0.05, 0.1) is 12.7 Å². The van der Waals surface area contributed by atoms with Crippen LogP contribution in [0.25, 0.3) is 0 Å². The first-order valence-electron chi connectivity index (χ1n) is 8.08. The van der Waals surface area contributed by atoms with E-state index in [2.05, 4.69) is 22.2 Å². The molecular formula is C18H24N4O+2. The van der Waals surface area contributed by atoms with Crippen molar-refractivity contribution in [3.05, 3.63) is 53.7 Å². The summed E-state index contributed by atoms with van der Waals surface area (Å²) in [4.78, 5) is 19.5. The fraction of sp³-hybridized carbons (Fsp3) is 0.333. The number of rotatable bonds is 3. The van der Waals surface area contributed by atoms with Crippen molar-refractivity contribution < 1.29 is 14.7 Å². The topological polar surface area (TPSA) is 50.9 Å². The van der Waals surface area contributed by atoms with Crippen molar-refractivity contribution in [3.63, 3.8) is 0 Å². The number of amides is 1. The Hall–Kier alpha value is -2.40. The zero-order valence-corrected chi connectivity index (χ0v) is 13.7. The molecule has 1 aliphatic rings. The molecule has 120 valence electrons. The van der Waals surface area contributed by atoms with E-state index in [1.165, 1.54) is 0 Å². The number of anilines is 2. The molecule has 0 unspecified atom stereocenters. The third-order valence-electron chi connectivity index (χ3n) is 4.40. The Morgan fingerprint density at radius 2 is 1.91 bits per heavy atom. The number of aromatic nitrogens is 1. The van der Waals surface area contributed by atoms with Gasteiger partial charge in [-0.25, -0.2) is 4.98 Å². The largest absolute Gasteiger partial charge is 0.331 e. The highest BCUT2D eigenvalue weighted by molar-refractivity contribution is 6.05. The van der Waals surface area contributed by atoms with Gasteiger partial charge in [0.25, 0.3) is 11.7 Å². The fourth-order valence-electron chi connectivity index (χ4n) is 2.85. The second-order valence-corrected chi connectivity index (χ2v) is 6.18. The SMILES string of the molecule is Cc1ccccc1C(=O)Nc1ccc(N2CC[NH+](C)CC2)[nH+]c1. The average Bonchev–Trinajstić information content (AvgIpc) is 2.57. The van der Waals surface area contributed by atoms with Crippen molar-refractivity contribution in [2.45, 2.75) is 6.92 Å². The Balaban J connectivity index is 1.66. The number of pyridine rings is 1. The minimum absolute atomic E-state index is 0.0764. The van der Waals surface area contributed by atoms with E-state index in [9.17, 15) is 4.79 Å². The number of carbonyl (C=O) groups is 1. The lowest BCUT2D eigenvalue weighted by molar-refractivity contribution is -0.880. The molecule has 3 rings (SSSR count). The maximum atomic E-state index is 12.3. The van der Waals surface area contributed by atoms with Crippen LogP contribution in [0.3, 0.4) is 0 Å². The number of hydrogen-bond acceptors (Lipinski definition) is 2. The van der Waals surface area contributed by atoms with Gasteiger partial charge in [-0.05, 0) is 24.6 Å². The van der Waals surface area contributed by atoms with E-state index in [-0.39, 0.29) is 5.91 Å². The molecule has 1 saturated heterocycles. The lowest BCUT2D eigenvalue weighted by atomic mass is 10.1. The number of likely N-dealkylation sites (N-methyl/N-ethyl adjacent to an activating group) is 1. The first kappa shape index (κ1) is 15.5. The predicted molar refractivity (Wildman–Crippen MR) is 91.0 cm³/mol. The monoisotopic (exact) mass is 312 g/mol. The van der Waals surface area contributed by atoms with Crippen LogP contribution in [0.2, 0.25) is 0 Å². The summed E-state index contributed by atoms with van der Waals surface area (Å²) in [5.41, 5.74) is 2.46. The molecule has 0 atom stereocenters. The lowest BCUT2D eigenvalue weighted by Crippen LogP contribution is -3.12. The molecule has 2 aromatic rings. The predicted octanol–water partition coefficient (Wildman–Crippen LogP) is 0.396.